The molecular weight excluding hydrogens is 302 g/mol. The van der Waals surface area contributed by atoms with Crippen LogP contribution >= 0.6 is 11.6 Å². The van der Waals surface area contributed by atoms with Gasteiger partial charge in [-0.25, -0.2) is 4.98 Å². The fourth-order valence-corrected chi connectivity index (χ4v) is 3.28. The van der Waals surface area contributed by atoms with E-state index in [0.717, 1.165) is 24.2 Å². The first-order valence-electron chi connectivity index (χ1n) is 7.52. The highest BCUT2D eigenvalue weighted by atomic mass is 35.5. The molecule has 2 N–H and O–H groups in total. The van der Waals surface area contributed by atoms with Gasteiger partial charge in [0, 0.05) is 37.2 Å². The molecule has 2 aromatic rings. The van der Waals surface area contributed by atoms with Crippen molar-refractivity contribution >= 4 is 22.5 Å². The van der Waals surface area contributed by atoms with E-state index in [1.807, 2.05) is 6.92 Å². The Balaban J connectivity index is 2.27. The van der Waals surface area contributed by atoms with Gasteiger partial charge in [-0.2, -0.15) is 0 Å². The van der Waals surface area contributed by atoms with Crippen molar-refractivity contribution in [2.75, 3.05) is 13.2 Å². The molecule has 6 heteroatoms. The van der Waals surface area contributed by atoms with Crippen LogP contribution in [0, 0.1) is 0 Å². The van der Waals surface area contributed by atoms with Crippen molar-refractivity contribution in [3.05, 3.63) is 38.9 Å². The smallest absolute Gasteiger partial charge is 0.261 e. The zero-order valence-electron chi connectivity index (χ0n) is 12.8. The Bertz CT molecular complexity index is 764. The zero-order chi connectivity index (χ0) is 15.9. The molecule has 0 bridgehead atoms. The molecule has 0 radical (unpaired) electrons. The number of nitrogens with zero attached hydrogens (tertiary/aromatic N) is 2. The van der Waals surface area contributed by atoms with Gasteiger partial charge in [0.2, 0.25) is 0 Å². The highest BCUT2D eigenvalue weighted by molar-refractivity contribution is 6.31. The molecule has 0 amide bonds. The number of hydrogen-bond donors (Lipinski definition) is 1. The Morgan fingerprint density at radius 2 is 2.09 bits per heavy atom. The number of rotatable bonds is 2. The second-order valence-corrected chi connectivity index (χ2v) is 6.34. The number of hydrogen-bond acceptors (Lipinski definition) is 4. The van der Waals surface area contributed by atoms with E-state index >= 15 is 0 Å². The maximum absolute atomic E-state index is 12.7. The summed E-state index contributed by atoms with van der Waals surface area (Å²) in [6.07, 6.45) is 1.76. The fraction of sp³-hybridized carbons (Fsp3) is 0.500. The second kappa shape index (κ2) is 5.99. The lowest BCUT2D eigenvalue weighted by Gasteiger charge is -2.24. The van der Waals surface area contributed by atoms with Crippen molar-refractivity contribution in [2.45, 2.75) is 31.7 Å². The summed E-state index contributed by atoms with van der Waals surface area (Å²) < 4.78 is 7.04. The molecular formula is C16H20ClN3O2. The minimum atomic E-state index is -0.233. The number of aromatic nitrogens is 2. The standard InChI is InChI=1S/C16H20ClN3O2/c1-9(18)12-7-11(17)8-13-14(12)19-15(20(2)16(13)21)10-3-5-22-6-4-10/h7-10H,3-6,18H2,1-2H3/t9-/m1/s1. The summed E-state index contributed by atoms with van der Waals surface area (Å²) in [5.41, 5.74) is 7.45. The molecule has 2 heterocycles. The van der Waals surface area contributed by atoms with Gasteiger partial charge in [-0.3, -0.25) is 9.36 Å². The Labute approximate surface area is 134 Å². The summed E-state index contributed by atoms with van der Waals surface area (Å²) in [5, 5.41) is 1.04. The summed E-state index contributed by atoms with van der Waals surface area (Å²) in [6, 6.07) is 3.24. The molecule has 0 saturated carbocycles. The topological polar surface area (TPSA) is 70.1 Å². The van der Waals surface area contributed by atoms with Crippen molar-refractivity contribution < 1.29 is 4.74 Å². The number of fused-ring (bicyclic) bond motifs is 1. The molecule has 1 atom stereocenters. The average Bonchev–Trinajstić information content (AvgIpc) is 2.51. The first kappa shape index (κ1) is 15.5. The lowest BCUT2D eigenvalue weighted by Crippen LogP contribution is -2.27. The van der Waals surface area contributed by atoms with E-state index in [9.17, 15) is 4.79 Å². The molecule has 0 aliphatic carbocycles. The fourth-order valence-electron chi connectivity index (χ4n) is 3.05. The molecule has 22 heavy (non-hydrogen) atoms. The minimum absolute atomic E-state index is 0.0732. The summed E-state index contributed by atoms with van der Waals surface area (Å²) >= 11 is 6.13. The Kier molecular flexibility index (Phi) is 4.21. The monoisotopic (exact) mass is 321 g/mol. The summed E-state index contributed by atoms with van der Waals surface area (Å²) in [6.45, 7) is 3.29. The van der Waals surface area contributed by atoms with E-state index < -0.39 is 0 Å². The third kappa shape index (κ3) is 2.64. The first-order chi connectivity index (χ1) is 10.5. The van der Waals surface area contributed by atoms with E-state index in [-0.39, 0.29) is 17.5 Å². The molecule has 0 spiro atoms. The van der Waals surface area contributed by atoms with Gasteiger partial charge in [-0.05, 0) is 37.5 Å². The highest BCUT2D eigenvalue weighted by Crippen LogP contribution is 2.29. The van der Waals surface area contributed by atoms with Crippen molar-refractivity contribution in [3.63, 3.8) is 0 Å². The van der Waals surface area contributed by atoms with Gasteiger partial charge in [0.05, 0.1) is 10.9 Å². The molecule has 1 aliphatic rings. The van der Waals surface area contributed by atoms with Crippen LogP contribution in [0.1, 0.15) is 43.1 Å². The summed E-state index contributed by atoms with van der Waals surface area (Å²) in [5.74, 6) is 1.05. The molecule has 1 saturated heterocycles. The summed E-state index contributed by atoms with van der Waals surface area (Å²) in [4.78, 5) is 17.5. The normalized spacial score (nSPS) is 17.8. The highest BCUT2D eigenvalue weighted by Gasteiger charge is 2.22. The van der Waals surface area contributed by atoms with Crippen LogP contribution in [0.25, 0.3) is 10.9 Å². The predicted molar refractivity (Wildman–Crippen MR) is 87.4 cm³/mol. The largest absolute Gasteiger partial charge is 0.381 e. The third-order valence-electron chi connectivity index (χ3n) is 4.29. The van der Waals surface area contributed by atoms with Crippen molar-refractivity contribution in [1.29, 1.82) is 0 Å². The lowest BCUT2D eigenvalue weighted by atomic mass is 9.98. The van der Waals surface area contributed by atoms with Gasteiger partial charge in [0.1, 0.15) is 5.82 Å². The summed E-state index contributed by atoms with van der Waals surface area (Å²) in [7, 11) is 1.77. The minimum Gasteiger partial charge on any atom is -0.381 e. The molecule has 1 aromatic heterocycles. The van der Waals surface area contributed by atoms with Crippen LogP contribution in [0.3, 0.4) is 0 Å². The van der Waals surface area contributed by atoms with Gasteiger partial charge in [0.25, 0.3) is 5.56 Å². The van der Waals surface area contributed by atoms with E-state index in [4.69, 9.17) is 27.1 Å². The maximum atomic E-state index is 12.7. The quantitative estimate of drug-likeness (QED) is 0.922. The van der Waals surface area contributed by atoms with E-state index in [2.05, 4.69) is 0 Å². The molecule has 1 aromatic carbocycles. The van der Waals surface area contributed by atoms with Gasteiger partial charge >= 0.3 is 0 Å². The number of ether oxygens (including phenoxy) is 1. The van der Waals surface area contributed by atoms with Crippen LogP contribution in [0.5, 0.6) is 0 Å². The van der Waals surface area contributed by atoms with Gasteiger partial charge in [-0.15, -0.1) is 0 Å². The maximum Gasteiger partial charge on any atom is 0.261 e. The number of nitrogens with two attached hydrogens (primary N) is 1. The van der Waals surface area contributed by atoms with Crippen LogP contribution in [0.4, 0.5) is 0 Å². The van der Waals surface area contributed by atoms with Gasteiger partial charge < -0.3 is 10.5 Å². The van der Waals surface area contributed by atoms with Crippen LogP contribution in [-0.4, -0.2) is 22.8 Å². The van der Waals surface area contributed by atoms with E-state index in [1.165, 1.54) is 0 Å². The average molecular weight is 322 g/mol. The third-order valence-corrected chi connectivity index (χ3v) is 4.50. The number of halogens is 1. The van der Waals surface area contributed by atoms with Crippen molar-refractivity contribution in [3.8, 4) is 0 Å². The molecule has 5 nitrogen and oxygen atoms in total. The van der Waals surface area contributed by atoms with Gasteiger partial charge in [0.15, 0.2) is 0 Å². The Morgan fingerprint density at radius 1 is 1.41 bits per heavy atom. The lowest BCUT2D eigenvalue weighted by molar-refractivity contribution is 0.0828. The van der Waals surface area contributed by atoms with E-state index in [1.54, 1.807) is 23.7 Å². The van der Waals surface area contributed by atoms with Crippen LogP contribution < -0.4 is 11.3 Å². The first-order valence-corrected chi connectivity index (χ1v) is 7.90. The molecule has 3 rings (SSSR count). The number of benzene rings is 1. The van der Waals surface area contributed by atoms with Crippen LogP contribution in [0.15, 0.2) is 16.9 Å². The SMILES string of the molecule is C[C@@H](N)c1cc(Cl)cc2c(=O)n(C)c(C3CCOCC3)nc12. The van der Waals surface area contributed by atoms with Crippen molar-refractivity contribution in [2.24, 2.45) is 12.8 Å². The van der Waals surface area contributed by atoms with Crippen LogP contribution in [-0.2, 0) is 11.8 Å². The van der Waals surface area contributed by atoms with Crippen LogP contribution in [0.2, 0.25) is 5.02 Å². The zero-order valence-corrected chi connectivity index (χ0v) is 13.6. The van der Waals surface area contributed by atoms with Crippen molar-refractivity contribution in [1.82, 2.24) is 9.55 Å². The molecule has 0 unspecified atom stereocenters. The van der Waals surface area contributed by atoms with E-state index in [0.29, 0.717) is 29.1 Å². The Morgan fingerprint density at radius 3 is 2.73 bits per heavy atom. The Hall–Kier alpha value is -1.43. The molecule has 118 valence electrons. The predicted octanol–water partition coefficient (Wildman–Crippen LogP) is 2.50. The molecule has 1 aliphatic heterocycles. The van der Waals surface area contributed by atoms with Gasteiger partial charge in [-0.1, -0.05) is 11.6 Å². The molecule has 1 fully saturated rings. The second-order valence-electron chi connectivity index (χ2n) is 5.90.